The minimum absolute atomic E-state index is 0.239. The van der Waals surface area contributed by atoms with Crippen molar-refractivity contribution in [3.8, 4) is 0 Å². The van der Waals surface area contributed by atoms with Gasteiger partial charge in [-0.25, -0.2) is 8.42 Å². The van der Waals surface area contributed by atoms with Crippen molar-refractivity contribution in [1.29, 1.82) is 0 Å². The zero-order chi connectivity index (χ0) is 25.0. The standard InChI is InChI=1S/C28H25N5O2S/c1-22-16-18-25(19-17-22)36(34,35)21-29-28(33-27-15-9-8-14-26(27)30-31-33)20-32(23-10-4-2-5-11-23)24-12-6-3-7-13-24/h2-19H,20-21H2,1H3/b29-28+. The Hall–Kier alpha value is -4.30. The zero-order valence-electron chi connectivity index (χ0n) is 19.8. The maximum absolute atomic E-state index is 13.1. The third-order valence-corrected chi connectivity index (χ3v) is 7.29. The van der Waals surface area contributed by atoms with Crippen LogP contribution < -0.4 is 4.90 Å². The molecule has 0 bridgehead atoms. The fourth-order valence-corrected chi connectivity index (χ4v) is 4.93. The third-order valence-electron chi connectivity index (χ3n) is 5.83. The summed E-state index contributed by atoms with van der Waals surface area (Å²) < 4.78 is 27.9. The van der Waals surface area contributed by atoms with Crippen molar-refractivity contribution in [2.75, 3.05) is 17.3 Å². The van der Waals surface area contributed by atoms with E-state index in [2.05, 4.69) is 20.2 Å². The quantitative estimate of drug-likeness (QED) is 0.227. The summed E-state index contributed by atoms with van der Waals surface area (Å²) in [6.45, 7) is 2.20. The molecule has 7 nitrogen and oxygen atoms in total. The lowest BCUT2D eigenvalue weighted by atomic mass is 10.2. The first-order valence-corrected chi connectivity index (χ1v) is 13.2. The Bertz CT molecular complexity index is 1560. The van der Waals surface area contributed by atoms with Gasteiger partial charge in [-0.1, -0.05) is 71.4 Å². The molecular weight excluding hydrogens is 470 g/mol. The lowest BCUT2D eigenvalue weighted by Gasteiger charge is -2.25. The molecule has 0 aliphatic carbocycles. The number of para-hydroxylation sites is 3. The van der Waals surface area contributed by atoms with Crippen molar-refractivity contribution in [3.63, 3.8) is 0 Å². The van der Waals surface area contributed by atoms with Crippen LogP contribution in [0.4, 0.5) is 11.4 Å². The molecule has 36 heavy (non-hydrogen) atoms. The average Bonchev–Trinajstić information content (AvgIpc) is 3.34. The van der Waals surface area contributed by atoms with Gasteiger partial charge in [0.15, 0.2) is 9.84 Å². The summed E-state index contributed by atoms with van der Waals surface area (Å²) in [5.74, 6) is 0.0591. The largest absolute Gasteiger partial charge is 0.334 e. The Labute approximate surface area is 210 Å². The topological polar surface area (TPSA) is 80.5 Å². The zero-order valence-corrected chi connectivity index (χ0v) is 20.6. The molecule has 0 radical (unpaired) electrons. The number of rotatable bonds is 7. The fraction of sp³-hybridized carbons (Fsp3) is 0.107. The van der Waals surface area contributed by atoms with E-state index >= 15 is 0 Å². The first-order chi connectivity index (χ1) is 17.5. The van der Waals surface area contributed by atoms with Crippen LogP contribution in [0, 0.1) is 6.92 Å². The molecule has 5 aromatic rings. The minimum atomic E-state index is -3.65. The monoisotopic (exact) mass is 495 g/mol. The van der Waals surface area contributed by atoms with Crippen LogP contribution in [0.2, 0.25) is 0 Å². The van der Waals surface area contributed by atoms with Crippen molar-refractivity contribution in [2.24, 2.45) is 4.99 Å². The van der Waals surface area contributed by atoms with Gasteiger partial charge in [0.2, 0.25) is 0 Å². The summed E-state index contributed by atoms with van der Waals surface area (Å²) in [4.78, 5) is 6.94. The molecule has 0 amide bonds. The van der Waals surface area contributed by atoms with Crippen LogP contribution in [0.5, 0.6) is 0 Å². The van der Waals surface area contributed by atoms with Crippen molar-refractivity contribution >= 4 is 38.1 Å². The highest BCUT2D eigenvalue weighted by Gasteiger charge is 2.19. The molecule has 0 saturated heterocycles. The van der Waals surface area contributed by atoms with Gasteiger partial charge in [0.05, 0.1) is 17.0 Å². The molecule has 0 N–H and O–H groups in total. The van der Waals surface area contributed by atoms with E-state index in [-0.39, 0.29) is 11.4 Å². The number of sulfone groups is 1. The van der Waals surface area contributed by atoms with E-state index in [0.717, 1.165) is 22.5 Å². The van der Waals surface area contributed by atoms with Gasteiger partial charge in [0, 0.05) is 11.4 Å². The number of nitrogens with zero attached hydrogens (tertiary/aromatic N) is 5. The Morgan fingerprint density at radius 1 is 0.806 bits per heavy atom. The molecule has 0 aliphatic heterocycles. The van der Waals surface area contributed by atoms with Crippen molar-refractivity contribution in [1.82, 2.24) is 15.0 Å². The molecule has 0 aliphatic rings. The lowest BCUT2D eigenvalue weighted by Crippen LogP contribution is -2.31. The number of anilines is 2. The van der Waals surface area contributed by atoms with Gasteiger partial charge in [-0.3, -0.25) is 4.99 Å². The number of benzene rings is 4. The highest BCUT2D eigenvalue weighted by Crippen LogP contribution is 2.25. The van der Waals surface area contributed by atoms with Crippen LogP contribution in [-0.4, -0.2) is 41.7 Å². The van der Waals surface area contributed by atoms with Crippen molar-refractivity contribution < 1.29 is 8.42 Å². The number of aromatic nitrogens is 3. The van der Waals surface area contributed by atoms with Gasteiger partial charge in [0.25, 0.3) is 0 Å². The molecule has 0 fully saturated rings. The lowest BCUT2D eigenvalue weighted by molar-refractivity contribution is 0.596. The average molecular weight is 496 g/mol. The van der Waals surface area contributed by atoms with E-state index in [0.29, 0.717) is 11.4 Å². The fourth-order valence-electron chi connectivity index (χ4n) is 3.91. The summed E-state index contributed by atoms with van der Waals surface area (Å²) in [7, 11) is -3.65. The number of aryl methyl sites for hydroxylation is 1. The molecule has 0 spiro atoms. The minimum Gasteiger partial charge on any atom is -0.334 e. The smallest absolute Gasteiger partial charge is 0.198 e. The third kappa shape index (κ3) is 5.04. The molecule has 0 atom stereocenters. The molecule has 0 saturated carbocycles. The normalized spacial score (nSPS) is 12.1. The van der Waals surface area contributed by atoms with Gasteiger partial charge in [-0.15, -0.1) is 5.10 Å². The second kappa shape index (κ2) is 10.1. The molecular formula is C28H25N5O2S. The van der Waals surface area contributed by atoms with E-state index in [1.54, 1.807) is 28.9 Å². The first-order valence-electron chi connectivity index (χ1n) is 11.5. The van der Waals surface area contributed by atoms with E-state index in [1.165, 1.54) is 0 Å². The van der Waals surface area contributed by atoms with Gasteiger partial charge in [-0.05, 0) is 55.5 Å². The Balaban J connectivity index is 1.59. The predicted octanol–water partition coefficient (Wildman–Crippen LogP) is 5.26. The molecule has 1 aromatic heterocycles. The van der Waals surface area contributed by atoms with E-state index < -0.39 is 15.7 Å². The van der Waals surface area contributed by atoms with Crippen LogP contribution >= 0.6 is 0 Å². The highest BCUT2D eigenvalue weighted by atomic mass is 32.2. The van der Waals surface area contributed by atoms with Gasteiger partial charge in [0.1, 0.15) is 17.2 Å². The number of hydrogen-bond acceptors (Lipinski definition) is 6. The van der Waals surface area contributed by atoms with Gasteiger partial charge < -0.3 is 4.90 Å². The molecule has 8 heteroatoms. The SMILES string of the molecule is Cc1ccc(S(=O)(=O)C/N=C(\CN(c2ccccc2)c2ccccc2)n2nnc3ccccc32)cc1. The summed E-state index contributed by atoms with van der Waals surface area (Å²) in [6.07, 6.45) is 0. The second-order valence-corrected chi connectivity index (χ2v) is 10.3. The van der Waals surface area contributed by atoms with Crippen LogP contribution in [0.1, 0.15) is 5.56 Å². The Morgan fingerprint density at radius 3 is 2.03 bits per heavy atom. The Kier molecular flexibility index (Phi) is 6.60. The molecule has 5 rings (SSSR count). The van der Waals surface area contributed by atoms with Crippen molar-refractivity contribution in [3.05, 3.63) is 115 Å². The van der Waals surface area contributed by atoms with Crippen molar-refractivity contribution in [2.45, 2.75) is 11.8 Å². The van der Waals surface area contributed by atoms with Gasteiger partial charge in [-0.2, -0.15) is 4.68 Å². The maximum atomic E-state index is 13.1. The molecule has 1 heterocycles. The maximum Gasteiger partial charge on any atom is 0.198 e. The Morgan fingerprint density at radius 2 is 1.39 bits per heavy atom. The van der Waals surface area contributed by atoms with Crippen LogP contribution in [-0.2, 0) is 9.84 Å². The summed E-state index contributed by atoms with van der Waals surface area (Å²) in [5, 5.41) is 8.60. The van der Waals surface area contributed by atoms with Crippen LogP contribution in [0.25, 0.3) is 11.0 Å². The summed E-state index contributed by atoms with van der Waals surface area (Å²) in [6, 6.07) is 34.2. The summed E-state index contributed by atoms with van der Waals surface area (Å²) >= 11 is 0. The van der Waals surface area contributed by atoms with Crippen LogP contribution in [0.3, 0.4) is 0 Å². The van der Waals surface area contributed by atoms with Gasteiger partial charge >= 0.3 is 0 Å². The second-order valence-electron chi connectivity index (χ2n) is 8.38. The van der Waals surface area contributed by atoms with E-state index in [9.17, 15) is 8.42 Å². The first kappa shape index (κ1) is 23.4. The molecule has 180 valence electrons. The predicted molar refractivity (Wildman–Crippen MR) is 143 cm³/mol. The van der Waals surface area contributed by atoms with Crippen LogP contribution in [0.15, 0.2) is 119 Å². The highest BCUT2D eigenvalue weighted by molar-refractivity contribution is 7.91. The van der Waals surface area contributed by atoms with E-state index in [4.69, 9.17) is 0 Å². The number of fused-ring (bicyclic) bond motifs is 1. The number of aliphatic imine (C=N–C) groups is 1. The molecule has 4 aromatic carbocycles. The summed E-state index contributed by atoms with van der Waals surface area (Å²) in [5.41, 5.74) is 4.35. The number of hydrogen-bond donors (Lipinski definition) is 0. The van der Waals surface area contributed by atoms with E-state index in [1.807, 2.05) is 91.9 Å². The molecule has 0 unspecified atom stereocenters.